The van der Waals surface area contributed by atoms with Gasteiger partial charge in [0.25, 0.3) is 0 Å². The molecule has 1 aliphatic rings. The summed E-state index contributed by atoms with van der Waals surface area (Å²) in [4.78, 5) is 26.0. The van der Waals surface area contributed by atoms with Gasteiger partial charge in [-0.3, -0.25) is 4.98 Å². The zero-order chi connectivity index (χ0) is 27.5. The summed E-state index contributed by atoms with van der Waals surface area (Å²) in [6.07, 6.45) is 10.5. The van der Waals surface area contributed by atoms with Gasteiger partial charge in [-0.15, -0.1) is 0 Å². The van der Waals surface area contributed by atoms with Crippen molar-refractivity contribution in [1.29, 1.82) is 0 Å². The fourth-order valence-electron chi connectivity index (χ4n) is 4.42. The number of urea groups is 1. The van der Waals surface area contributed by atoms with Crippen molar-refractivity contribution < 1.29 is 14.4 Å². The number of aromatic nitrogens is 6. The van der Waals surface area contributed by atoms with E-state index in [2.05, 4.69) is 35.8 Å². The molecule has 4 aromatic heterocycles. The monoisotopic (exact) mass is 522 g/mol. The molecule has 1 saturated carbocycles. The van der Waals surface area contributed by atoms with Crippen LogP contribution in [0.15, 0.2) is 35.2 Å². The average Bonchev–Trinajstić information content (AvgIpc) is 3.72. The van der Waals surface area contributed by atoms with Crippen LogP contribution < -0.4 is 10.6 Å². The summed E-state index contributed by atoms with van der Waals surface area (Å²) in [5, 5.41) is 23.1. The van der Waals surface area contributed by atoms with E-state index < -0.39 is 0 Å². The number of rotatable bonds is 7. The summed E-state index contributed by atoms with van der Waals surface area (Å²) in [5.41, 5.74) is 4.31. The zero-order valence-corrected chi connectivity index (χ0v) is 22.9. The molecule has 38 heavy (non-hydrogen) atoms. The highest BCUT2D eigenvalue weighted by Crippen LogP contribution is 2.37. The lowest BCUT2D eigenvalue weighted by Gasteiger charge is -2.17. The molecular formula is C27H38N8O3. The van der Waals surface area contributed by atoms with Crippen molar-refractivity contribution in [2.75, 3.05) is 17.2 Å². The Kier molecular flexibility index (Phi) is 10.7. The van der Waals surface area contributed by atoms with Gasteiger partial charge in [-0.05, 0) is 37.8 Å². The number of pyridine rings is 1. The van der Waals surface area contributed by atoms with Crippen molar-refractivity contribution in [1.82, 2.24) is 29.7 Å². The summed E-state index contributed by atoms with van der Waals surface area (Å²) in [6, 6.07) is 3.28. The van der Waals surface area contributed by atoms with E-state index in [0.29, 0.717) is 47.5 Å². The standard InChI is InChI=1S/C23H26N8O3.2C2H6/c1-14-11-16(12-25-20(14)22-29-19(34-30-22)7-4-10-32)27-23(33)28-17-13-24-18-8-9-26-31(18)21(17)15-5-2-3-6-15;2*1-2/h8-9,11-13,15,32H,2-7,10H2,1H3,(H2,27,28,33);2*1-2H3. The predicted molar refractivity (Wildman–Crippen MR) is 147 cm³/mol. The summed E-state index contributed by atoms with van der Waals surface area (Å²) in [7, 11) is 0. The number of nitrogens with one attached hydrogen (secondary N) is 2. The lowest BCUT2D eigenvalue weighted by molar-refractivity contribution is 0.262. The molecule has 1 fully saturated rings. The van der Waals surface area contributed by atoms with Gasteiger partial charge in [0.15, 0.2) is 5.65 Å². The molecular weight excluding hydrogens is 484 g/mol. The van der Waals surface area contributed by atoms with Crippen LogP contribution in [-0.4, -0.2) is 47.5 Å². The number of aryl methyl sites for hydroxylation is 2. The molecule has 0 bridgehead atoms. The number of anilines is 2. The van der Waals surface area contributed by atoms with E-state index in [1.165, 1.54) is 12.8 Å². The molecule has 0 aromatic carbocycles. The lowest BCUT2D eigenvalue weighted by atomic mass is 10.0. The van der Waals surface area contributed by atoms with E-state index in [4.69, 9.17) is 9.63 Å². The molecule has 5 rings (SSSR count). The van der Waals surface area contributed by atoms with Gasteiger partial charge in [-0.2, -0.15) is 10.1 Å². The molecule has 0 saturated heterocycles. The Bertz CT molecular complexity index is 1310. The predicted octanol–water partition coefficient (Wildman–Crippen LogP) is 5.76. The van der Waals surface area contributed by atoms with Crippen molar-refractivity contribution in [3.05, 3.63) is 47.9 Å². The Morgan fingerprint density at radius 1 is 1.13 bits per heavy atom. The van der Waals surface area contributed by atoms with E-state index in [1.54, 1.807) is 24.7 Å². The minimum Gasteiger partial charge on any atom is -0.396 e. The highest BCUT2D eigenvalue weighted by atomic mass is 16.5. The molecule has 0 aliphatic heterocycles. The number of aliphatic hydroxyl groups is 1. The number of fused-ring (bicyclic) bond motifs is 1. The second-order valence-corrected chi connectivity index (χ2v) is 8.45. The first kappa shape index (κ1) is 28.7. The first-order valence-electron chi connectivity index (χ1n) is 13.4. The number of carbonyl (C=O) groups excluding carboxylic acids is 1. The Hall–Kier alpha value is -3.86. The highest BCUT2D eigenvalue weighted by molar-refractivity contribution is 6.00. The molecule has 4 aromatic rings. The van der Waals surface area contributed by atoms with Crippen molar-refractivity contribution in [2.45, 2.75) is 79.1 Å². The molecule has 204 valence electrons. The van der Waals surface area contributed by atoms with Crippen LogP contribution in [0.2, 0.25) is 0 Å². The van der Waals surface area contributed by atoms with Crippen LogP contribution in [0.5, 0.6) is 0 Å². The maximum atomic E-state index is 12.8. The maximum Gasteiger partial charge on any atom is 0.323 e. The lowest BCUT2D eigenvalue weighted by Crippen LogP contribution is -2.22. The fourth-order valence-corrected chi connectivity index (χ4v) is 4.42. The maximum absolute atomic E-state index is 12.8. The molecule has 3 N–H and O–H groups in total. The van der Waals surface area contributed by atoms with Gasteiger partial charge in [-0.25, -0.2) is 14.3 Å². The van der Waals surface area contributed by atoms with Crippen molar-refractivity contribution in [2.24, 2.45) is 0 Å². The van der Waals surface area contributed by atoms with E-state index >= 15 is 0 Å². The molecule has 0 unspecified atom stereocenters. The molecule has 11 nitrogen and oxygen atoms in total. The van der Waals surface area contributed by atoms with Crippen molar-refractivity contribution >= 4 is 23.1 Å². The zero-order valence-electron chi connectivity index (χ0n) is 22.9. The van der Waals surface area contributed by atoms with E-state index in [1.807, 2.05) is 45.2 Å². The molecule has 0 atom stereocenters. The fraction of sp³-hybridized carbons (Fsp3) is 0.481. The first-order valence-corrected chi connectivity index (χ1v) is 13.4. The number of amides is 2. The molecule has 4 heterocycles. The molecule has 11 heteroatoms. The minimum atomic E-state index is -0.382. The smallest absolute Gasteiger partial charge is 0.323 e. The molecule has 0 spiro atoms. The summed E-state index contributed by atoms with van der Waals surface area (Å²) >= 11 is 0. The topological polar surface area (TPSA) is 143 Å². The summed E-state index contributed by atoms with van der Waals surface area (Å²) < 4.78 is 7.04. The van der Waals surface area contributed by atoms with Crippen molar-refractivity contribution in [3.8, 4) is 11.5 Å². The van der Waals surface area contributed by atoms with Crippen LogP contribution in [0, 0.1) is 6.92 Å². The number of hydrogen-bond acceptors (Lipinski definition) is 8. The van der Waals surface area contributed by atoms with Crippen LogP contribution in [0.3, 0.4) is 0 Å². The van der Waals surface area contributed by atoms with Gasteiger partial charge in [0, 0.05) is 25.0 Å². The third kappa shape index (κ3) is 6.71. The molecule has 0 radical (unpaired) electrons. The summed E-state index contributed by atoms with van der Waals surface area (Å²) in [6.45, 7) is 9.92. The second kappa shape index (κ2) is 14.2. The van der Waals surface area contributed by atoms with Crippen LogP contribution in [0.25, 0.3) is 17.2 Å². The van der Waals surface area contributed by atoms with Crippen LogP contribution in [-0.2, 0) is 6.42 Å². The van der Waals surface area contributed by atoms with Gasteiger partial charge < -0.3 is 20.3 Å². The Morgan fingerprint density at radius 2 is 1.89 bits per heavy atom. The molecule has 1 aliphatic carbocycles. The Balaban J connectivity index is 0.000000956. The van der Waals surface area contributed by atoms with Crippen LogP contribution >= 0.6 is 0 Å². The largest absolute Gasteiger partial charge is 0.396 e. The second-order valence-electron chi connectivity index (χ2n) is 8.45. The van der Waals surface area contributed by atoms with Gasteiger partial charge in [0.05, 0.1) is 35.7 Å². The van der Waals surface area contributed by atoms with Crippen LogP contribution in [0.1, 0.15) is 82.9 Å². The average molecular weight is 523 g/mol. The number of aliphatic hydroxyl groups excluding tert-OH is 1. The van der Waals surface area contributed by atoms with Gasteiger partial charge >= 0.3 is 6.03 Å². The number of hydrogen-bond donors (Lipinski definition) is 3. The molecule has 2 amide bonds. The van der Waals surface area contributed by atoms with Crippen molar-refractivity contribution in [3.63, 3.8) is 0 Å². The third-order valence-electron chi connectivity index (χ3n) is 6.01. The third-order valence-corrected chi connectivity index (χ3v) is 6.01. The summed E-state index contributed by atoms with van der Waals surface area (Å²) in [5.74, 6) is 1.16. The first-order chi connectivity index (χ1) is 18.6. The Morgan fingerprint density at radius 3 is 2.61 bits per heavy atom. The van der Waals surface area contributed by atoms with Gasteiger partial charge in [0.2, 0.25) is 11.7 Å². The van der Waals surface area contributed by atoms with Crippen LogP contribution in [0.4, 0.5) is 16.2 Å². The van der Waals surface area contributed by atoms with E-state index in [9.17, 15) is 4.79 Å². The Labute approximate surface area is 223 Å². The van der Waals surface area contributed by atoms with Gasteiger partial charge in [0.1, 0.15) is 5.69 Å². The van der Waals surface area contributed by atoms with E-state index in [0.717, 1.165) is 29.7 Å². The number of nitrogens with zero attached hydrogens (tertiary/aromatic N) is 6. The SMILES string of the molecule is CC.CC.Cc1cc(NC(=O)Nc2cnc3ccnn3c2C2CCCC2)cnc1-c1noc(CCCO)n1. The minimum absolute atomic E-state index is 0.0609. The van der Waals surface area contributed by atoms with E-state index in [-0.39, 0.29) is 12.6 Å². The normalized spacial score (nSPS) is 12.9. The quantitative estimate of drug-likeness (QED) is 0.278. The number of carbonyl (C=O) groups is 1. The highest BCUT2D eigenvalue weighted by Gasteiger charge is 2.24. The van der Waals surface area contributed by atoms with Gasteiger partial charge in [-0.1, -0.05) is 45.7 Å².